The molecule has 0 radical (unpaired) electrons. The fraction of sp³-hybridized carbons (Fsp3) is 0.273. The molecular formula is C22H22ClN5O2S. The van der Waals surface area contributed by atoms with Crippen molar-refractivity contribution in [2.24, 2.45) is 5.92 Å². The second-order valence-corrected chi connectivity index (χ2v) is 8.58. The molecule has 1 fully saturated rings. The number of anilines is 2. The van der Waals surface area contributed by atoms with Crippen LogP contribution in [0.15, 0.2) is 54.2 Å². The number of para-hydroxylation sites is 1. The van der Waals surface area contributed by atoms with E-state index in [9.17, 15) is 9.59 Å². The van der Waals surface area contributed by atoms with Gasteiger partial charge in [-0.15, -0.1) is 11.3 Å². The molecule has 1 saturated heterocycles. The van der Waals surface area contributed by atoms with Crippen LogP contribution in [0.25, 0.3) is 0 Å². The smallest absolute Gasteiger partial charge is 0.273 e. The summed E-state index contributed by atoms with van der Waals surface area (Å²) < 4.78 is 0. The van der Waals surface area contributed by atoms with Crippen molar-refractivity contribution >= 4 is 45.6 Å². The average molecular weight is 456 g/mol. The molecule has 7 nitrogen and oxygen atoms in total. The van der Waals surface area contributed by atoms with Crippen LogP contribution in [0.3, 0.4) is 0 Å². The van der Waals surface area contributed by atoms with Gasteiger partial charge in [-0.25, -0.2) is 4.98 Å². The molecule has 2 N–H and O–H groups in total. The van der Waals surface area contributed by atoms with Crippen molar-refractivity contribution in [3.05, 3.63) is 70.5 Å². The van der Waals surface area contributed by atoms with Gasteiger partial charge in [-0.1, -0.05) is 29.8 Å². The Labute approximate surface area is 189 Å². The Morgan fingerprint density at radius 2 is 2.10 bits per heavy atom. The SMILES string of the molecule is O=C(NCc1cccnc1)C1CCCN(C(=O)c2csc(Nc3ccccc3Cl)n2)C1. The highest BCUT2D eigenvalue weighted by Crippen LogP contribution is 2.27. The molecule has 1 aliphatic heterocycles. The van der Waals surface area contributed by atoms with Crippen molar-refractivity contribution in [1.82, 2.24) is 20.2 Å². The third-order valence-electron chi connectivity index (χ3n) is 5.11. The van der Waals surface area contributed by atoms with Crippen molar-refractivity contribution in [2.75, 3.05) is 18.4 Å². The van der Waals surface area contributed by atoms with E-state index in [4.69, 9.17) is 11.6 Å². The first kappa shape index (κ1) is 21.3. The highest BCUT2D eigenvalue weighted by atomic mass is 35.5. The van der Waals surface area contributed by atoms with Crippen LogP contribution in [0.1, 0.15) is 28.9 Å². The highest BCUT2D eigenvalue weighted by Gasteiger charge is 2.29. The second-order valence-electron chi connectivity index (χ2n) is 7.31. The molecule has 0 saturated carbocycles. The monoisotopic (exact) mass is 455 g/mol. The zero-order valence-electron chi connectivity index (χ0n) is 16.8. The number of amides is 2. The standard InChI is InChI=1S/C22H22ClN5O2S/c23-17-7-1-2-8-18(17)26-22-27-19(14-31-22)21(30)28-10-4-6-16(13-28)20(29)25-12-15-5-3-9-24-11-15/h1-3,5,7-9,11,14,16H,4,6,10,12-13H2,(H,25,29)(H,26,27). The van der Waals surface area contributed by atoms with Gasteiger partial charge in [0.1, 0.15) is 5.69 Å². The van der Waals surface area contributed by atoms with Crippen LogP contribution >= 0.6 is 22.9 Å². The molecule has 3 heterocycles. The topological polar surface area (TPSA) is 87.2 Å². The van der Waals surface area contributed by atoms with Crippen LogP contribution < -0.4 is 10.6 Å². The molecule has 9 heteroatoms. The van der Waals surface area contributed by atoms with Crippen molar-refractivity contribution in [3.63, 3.8) is 0 Å². The lowest BCUT2D eigenvalue weighted by Crippen LogP contribution is -2.45. The van der Waals surface area contributed by atoms with Crippen LogP contribution in [0.4, 0.5) is 10.8 Å². The third kappa shape index (κ3) is 5.39. The maximum absolute atomic E-state index is 13.0. The van der Waals surface area contributed by atoms with Crippen molar-refractivity contribution in [1.29, 1.82) is 0 Å². The van der Waals surface area contributed by atoms with Crippen LogP contribution in [0.2, 0.25) is 5.02 Å². The number of carbonyl (C=O) groups is 2. The summed E-state index contributed by atoms with van der Waals surface area (Å²) in [7, 11) is 0. The predicted molar refractivity (Wildman–Crippen MR) is 122 cm³/mol. The quantitative estimate of drug-likeness (QED) is 0.584. The Morgan fingerprint density at radius 3 is 2.90 bits per heavy atom. The van der Waals surface area contributed by atoms with E-state index >= 15 is 0 Å². The molecule has 0 bridgehead atoms. The fourth-order valence-electron chi connectivity index (χ4n) is 3.48. The number of pyridine rings is 1. The Kier molecular flexibility index (Phi) is 6.79. The molecule has 1 aromatic carbocycles. The lowest BCUT2D eigenvalue weighted by Gasteiger charge is -2.31. The Morgan fingerprint density at radius 1 is 1.23 bits per heavy atom. The maximum Gasteiger partial charge on any atom is 0.273 e. The molecule has 1 unspecified atom stereocenters. The summed E-state index contributed by atoms with van der Waals surface area (Å²) in [5.74, 6) is -0.428. The Hall–Kier alpha value is -2.97. The first-order chi connectivity index (χ1) is 15.1. The normalized spacial score (nSPS) is 16.0. The van der Waals surface area contributed by atoms with Crippen LogP contribution in [0, 0.1) is 5.92 Å². The number of rotatable bonds is 6. The fourth-order valence-corrected chi connectivity index (χ4v) is 4.36. The van der Waals surface area contributed by atoms with E-state index < -0.39 is 0 Å². The molecule has 31 heavy (non-hydrogen) atoms. The van der Waals surface area contributed by atoms with Gasteiger partial charge < -0.3 is 15.5 Å². The third-order valence-corrected chi connectivity index (χ3v) is 6.19. The van der Waals surface area contributed by atoms with Gasteiger partial charge in [0.15, 0.2) is 5.13 Å². The van der Waals surface area contributed by atoms with Crippen LogP contribution in [-0.4, -0.2) is 39.8 Å². The Bertz CT molecular complexity index is 1060. The maximum atomic E-state index is 13.0. The lowest BCUT2D eigenvalue weighted by atomic mass is 9.97. The molecule has 1 atom stereocenters. The van der Waals surface area contributed by atoms with Crippen LogP contribution in [-0.2, 0) is 11.3 Å². The van der Waals surface area contributed by atoms with E-state index in [1.165, 1.54) is 11.3 Å². The van der Waals surface area contributed by atoms with Gasteiger partial charge in [0.2, 0.25) is 5.91 Å². The van der Waals surface area contributed by atoms with E-state index in [1.807, 2.05) is 30.3 Å². The lowest BCUT2D eigenvalue weighted by molar-refractivity contribution is -0.126. The first-order valence-electron chi connectivity index (χ1n) is 10.0. The number of hydrogen-bond acceptors (Lipinski definition) is 6. The van der Waals surface area contributed by atoms with E-state index in [1.54, 1.807) is 28.7 Å². The van der Waals surface area contributed by atoms with Gasteiger partial charge in [0.25, 0.3) is 5.91 Å². The van der Waals surface area contributed by atoms with E-state index in [0.29, 0.717) is 35.5 Å². The number of benzene rings is 1. The number of aromatic nitrogens is 2. The summed E-state index contributed by atoms with van der Waals surface area (Å²) in [6.07, 6.45) is 4.97. The summed E-state index contributed by atoms with van der Waals surface area (Å²) in [5, 5.41) is 9.01. The minimum atomic E-state index is -0.228. The number of thiazole rings is 1. The summed E-state index contributed by atoms with van der Waals surface area (Å²) in [6.45, 7) is 1.44. The van der Waals surface area contributed by atoms with Gasteiger partial charge in [-0.2, -0.15) is 0 Å². The highest BCUT2D eigenvalue weighted by molar-refractivity contribution is 7.14. The minimum Gasteiger partial charge on any atom is -0.352 e. The van der Waals surface area contributed by atoms with Gasteiger partial charge in [-0.05, 0) is 36.6 Å². The molecule has 0 aliphatic carbocycles. The molecule has 4 rings (SSSR count). The van der Waals surface area contributed by atoms with Gasteiger partial charge in [0, 0.05) is 37.4 Å². The summed E-state index contributed by atoms with van der Waals surface area (Å²) in [5.41, 5.74) is 2.05. The summed E-state index contributed by atoms with van der Waals surface area (Å²) >= 11 is 7.52. The molecule has 2 amide bonds. The molecular weight excluding hydrogens is 434 g/mol. The van der Waals surface area contributed by atoms with Gasteiger partial charge in [0.05, 0.1) is 16.6 Å². The van der Waals surface area contributed by atoms with Crippen molar-refractivity contribution < 1.29 is 9.59 Å². The number of hydrogen-bond donors (Lipinski definition) is 2. The zero-order valence-corrected chi connectivity index (χ0v) is 18.3. The molecule has 3 aromatic rings. The average Bonchev–Trinajstić information content (AvgIpc) is 3.28. The molecule has 2 aromatic heterocycles. The Balaban J connectivity index is 1.35. The van der Waals surface area contributed by atoms with E-state index in [-0.39, 0.29) is 17.7 Å². The minimum absolute atomic E-state index is 0.0410. The van der Waals surface area contributed by atoms with Crippen LogP contribution in [0.5, 0.6) is 0 Å². The summed E-state index contributed by atoms with van der Waals surface area (Å²) in [6, 6.07) is 11.1. The number of nitrogens with one attached hydrogen (secondary N) is 2. The molecule has 0 spiro atoms. The number of piperidine rings is 1. The number of nitrogens with zero attached hydrogens (tertiary/aromatic N) is 3. The zero-order chi connectivity index (χ0) is 21.6. The van der Waals surface area contributed by atoms with Crippen molar-refractivity contribution in [3.8, 4) is 0 Å². The van der Waals surface area contributed by atoms with E-state index in [2.05, 4.69) is 20.6 Å². The van der Waals surface area contributed by atoms with Gasteiger partial charge >= 0.3 is 0 Å². The largest absolute Gasteiger partial charge is 0.352 e. The van der Waals surface area contributed by atoms with Crippen molar-refractivity contribution in [2.45, 2.75) is 19.4 Å². The number of likely N-dealkylation sites (tertiary alicyclic amines) is 1. The number of carbonyl (C=O) groups excluding carboxylic acids is 2. The first-order valence-corrected chi connectivity index (χ1v) is 11.3. The molecule has 1 aliphatic rings. The second kappa shape index (κ2) is 9.89. The number of halogens is 1. The van der Waals surface area contributed by atoms with Gasteiger partial charge in [-0.3, -0.25) is 14.6 Å². The predicted octanol–water partition coefficient (Wildman–Crippen LogP) is 4.10. The van der Waals surface area contributed by atoms with E-state index in [0.717, 1.165) is 24.1 Å². The summed E-state index contributed by atoms with van der Waals surface area (Å²) in [4.78, 5) is 35.8. The molecule has 160 valence electrons.